The highest BCUT2D eigenvalue weighted by Gasteiger charge is 2.16. The van der Waals surface area contributed by atoms with Crippen LogP contribution < -0.4 is 5.56 Å². The summed E-state index contributed by atoms with van der Waals surface area (Å²) < 4.78 is 1.58. The number of carboxylic acids is 1. The Morgan fingerprint density at radius 1 is 1.44 bits per heavy atom. The highest BCUT2D eigenvalue weighted by Crippen LogP contribution is 2.29. The Morgan fingerprint density at radius 3 is 2.84 bits per heavy atom. The van der Waals surface area contributed by atoms with Crippen molar-refractivity contribution < 1.29 is 9.90 Å². The lowest BCUT2D eigenvalue weighted by Gasteiger charge is -2.09. The second-order valence-electron chi connectivity index (χ2n) is 5.66. The number of carboxylic acid groups (broad SMARTS) is 1. The lowest BCUT2D eigenvalue weighted by Crippen LogP contribution is -2.19. The van der Waals surface area contributed by atoms with Gasteiger partial charge in [-0.1, -0.05) is 23.8 Å². The van der Waals surface area contributed by atoms with E-state index >= 15 is 0 Å². The molecule has 0 fully saturated rings. The highest BCUT2D eigenvalue weighted by molar-refractivity contribution is 6.33. The second-order valence-corrected chi connectivity index (χ2v) is 6.07. The summed E-state index contributed by atoms with van der Waals surface area (Å²) in [6.45, 7) is 4.18. The van der Waals surface area contributed by atoms with Crippen LogP contribution in [0.15, 0.2) is 41.5 Å². The Hall–Kier alpha value is -2.86. The standard InChI is InChI=1S/C18H16ClN3O3/c1-3-4-5-22-9-13(11-6-10(2)21-16(11)17(22)23)15-7-14(19)12(8-20-15)18(24)25/h3-4,6-9,21H,5H2,1-2H3,(H,24,25)/b4-3+. The van der Waals surface area contributed by atoms with Gasteiger partial charge in [0.2, 0.25) is 0 Å². The van der Waals surface area contributed by atoms with Crippen molar-refractivity contribution in [3.8, 4) is 11.3 Å². The van der Waals surface area contributed by atoms with E-state index in [1.165, 1.54) is 12.3 Å². The third-order valence-electron chi connectivity index (χ3n) is 3.90. The molecular formula is C18H16ClN3O3. The lowest BCUT2D eigenvalue weighted by atomic mass is 10.1. The van der Waals surface area contributed by atoms with Crippen molar-refractivity contribution in [3.05, 3.63) is 63.3 Å². The summed E-state index contributed by atoms with van der Waals surface area (Å²) in [6.07, 6.45) is 6.69. The van der Waals surface area contributed by atoms with Crippen LogP contribution in [0.1, 0.15) is 23.0 Å². The monoisotopic (exact) mass is 357 g/mol. The molecule has 3 rings (SSSR count). The number of pyridine rings is 2. The van der Waals surface area contributed by atoms with Gasteiger partial charge in [-0.05, 0) is 26.0 Å². The SMILES string of the molecule is C/C=C/Cn1cc(-c2cc(Cl)c(C(=O)O)cn2)c2cc(C)[nH]c2c1=O. The van der Waals surface area contributed by atoms with E-state index in [1.807, 2.05) is 32.1 Å². The molecule has 3 heterocycles. The molecular weight excluding hydrogens is 342 g/mol. The Morgan fingerprint density at radius 2 is 2.20 bits per heavy atom. The van der Waals surface area contributed by atoms with Gasteiger partial charge in [-0.15, -0.1) is 0 Å². The fourth-order valence-corrected chi connectivity index (χ4v) is 2.93. The molecule has 7 heteroatoms. The maximum atomic E-state index is 12.6. The van der Waals surface area contributed by atoms with E-state index in [1.54, 1.807) is 10.8 Å². The molecule has 128 valence electrons. The normalized spacial score (nSPS) is 11.5. The van der Waals surface area contributed by atoms with E-state index in [0.29, 0.717) is 23.3 Å². The molecule has 3 aromatic heterocycles. The number of aromatic nitrogens is 3. The van der Waals surface area contributed by atoms with E-state index in [0.717, 1.165) is 11.1 Å². The summed E-state index contributed by atoms with van der Waals surface area (Å²) in [5, 5.41) is 9.93. The Labute approximate surface area is 148 Å². The number of hydrogen-bond acceptors (Lipinski definition) is 3. The summed E-state index contributed by atoms with van der Waals surface area (Å²) in [4.78, 5) is 31.0. The minimum absolute atomic E-state index is 0.0610. The van der Waals surface area contributed by atoms with Crippen LogP contribution in [-0.4, -0.2) is 25.6 Å². The van der Waals surface area contributed by atoms with Gasteiger partial charge < -0.3 is 14.7 Å². The van der Waals surface area contributed by atoms with Crippen molar-refractivity contribution in [2.45, 2.75) is 20.4 Å². The number of allylic oxidation sites excluding steroid dienone is 2. The molecule has 25 heavy (non-hydrogen) atoms. The number of hydrogen-bond donors (Lipinski definition) is 2. The number of nitrogens with zero attached hydrogens (tertiary/aromatic N) is 2. The summed E-state index contributed by atoms with van der Waals surface area (Å²) >= 11 is 6.08. The quantitative estimate of drug-likeness (QED) is 0.698. The van der Waals surface area contributed by atoms with Gasteiger partial charge in [-0.2, -0.15) is 0 Å². The molecule has 0 radical (unpaired) electrons. The molecule has 0 amide bonds. The number of H-pyrrole nitrogens is 1. The van der Waals surface area contributed by atoms with Crippen molar-refractivity contribution in [2.75, 3.05) is 0 Å². The average Bonchev–Trinajstić information content (AvgIpc) is 2.96. The summed E-state index contributed by atoms with van der Waals surface area (Å²) in [6, 6.07) is 3.37. The first-order valence-electron chi connectivity index (χ1n) is 7.65. The molecule has 0 saturated carbocycles. The third kappa shape index (κ3) is 3.08. The van der Waals surface area contributed by atoms with Crippen molar-refractivity contribution in [1.82, 2.24) is 14.5 Å². The Balaban J connectivity index is 2.28. The summed E-state index contributed by atoms with van der Waals surface area (Å²) in [5.41, 5.74) is 2.37. The van der Waals surface area contributed by atoms with Gasteiger partial charge in [-0.3, -0.25) is 9.78 Å². The number of aromatic carboxylic acids is 1. The molecule has 3 aromatic rings. The fourth-order valence-electron chi connectivity index (χ4n) is 2.69. The van der Waals surface area contributed by atoms with Crippen LogP contribution in [0.4, 0.5) is 0 Å². The minimum Gasteiger partial charge on any atom is -0.478 e. The van der Waals surface area contributed by atoms with E-state index in [2.05, 4.69) is 9.97 Å². The smallest absolute Gasteiger partial charge is 0.338 e. The molecule has 0 atom stereocenters. The van der Waals surface area contributed by atoms with Gasteiger partial charge in [0.15, 0.2) is 0 Å². The lowest BCUT2D eigenvalue weighted by molar-refractivity contribution is 0.0696. The van der Waals surface area contributed by atoms with Crippen LogP contribution in [0.2, 0.25) is 5.02 Å². The number of fused-ring (bicyclic) bond motifs is 1. The van der Waals surface area contributed by atoms with E-state index in [-0.39, 0.29) is 16.1 Å². The van der Waals surface area contributed by atoms with Gasteiger partial charge in [0, 0.05) is 35.6 Å². The van der Waals surface area contributed by atoms with Gasteiger partial charge in [0.25, 0.3) is 5.56 Å². The van der Waals surface area contributed by atoms with Crippen LogP contribution >= 0.6 is 11.6 Å². The molecule has 2 N–H and O–H groups in total. The van der Waals surface area contributed by atoms with Gasteiger partial charge in [0.05, 0.1) is 16.3 Å². The topological polar surface area (TPSA) is 88.0 Å². The molecule has 0 aromatic carbocycles. The number of rotatable bonds is 4. The summed E-state index contributed by atoms with van der Waals surface area (Å²) in [7, 11) is 0. The van der Waals surface area contributed by atoms with Crippen molar-refractivity contribution in [1.29, 1.82) is 0 Å². The zero-order valence-corrected chi connectivity index (χ0v) is 14.5. The van der Waals surface area contributed by atoms with Crippen LogP contribution in [0.25, 0.3) is 22.2 Å². The van der Waals surface area contributed by atoms with Gasteiger partial charge in [-0.25, -0.2) is 4.79 Å². The van der Waals surface area contributed by atoms with E-state index in [4.69, 9.17) is 16.7 Å². The van der Waals surface area contributed by atoms with E-state index in [9.17, 15) is 9.59 Å². The molecule has 0 bridgehead atoms. The highest BCUT2D eigenvalue weighted by atomic mass is 35.5. The zero-order chi connectivity index (χ0) is 18.1. The van der Waals surface area contributed by atoms with Crippen molar-refractivity contribution in [2.24, 2.45) is 0 Å². The van der Waals surface area contributed by atoms with Gasteiger partial charge >= 0.3 is 5.97 Å². The maximum absolute atomic E-state index is 12.6. The van der Waals surface area contributed by atoms with Crippen LogP contribution in [-0.2, 0) is 6.54 Å². The molecule has 0 aliphatic rings. The number of nitrogens with one attached hydrogen (secondary N) is 1. The number of carbonyl (C=O) groups is 1. The first-order chi connectivity index (χ1) is 11.9. The van der Waals surface area contributed by atoms with Crippen molar-refractivity contribution >= 4 is 28.5 Å². The van der Waals surface area contributed by atoms with E-state index < -0.39 is 5.97 Å². The largest absolute Gasteiger partial charge is 0.478 e. The first-order valence-corrected chi connectivity index (χ1v) is 8.03. The number of aryl methyl sites for hydroxylation is 1. The third-order valence-corrected chi connectivity index (χ3v) is 4.21. The molecule has 0 aliphatic carbocycles. The number of aromatic amines is 1. The predicted molar refractivity (Wildman–Crippen MR) is 97.3 cm³/mol. The number of halogens is 1. The second kappa shape index (κ2) is 6.57. The average molecular weight is 358 g/mol. The maximum Gasteiger partial charge on any atom is 0.338 e. The molecule has 6 nitrogen and oxygen atoms in total. The van der Waals surface area contributed by atoms with Crippen molar-refractivity contribution in [3.63, 3.8) is 0 Å². The Bertz CT molecular complexity index is 1060. The minimum atomic E-state index is -1.13. The zero-order valence-electron chi connectivity index (χ0n) is 13.7. The van der Waals surface area contributed by atoms with Crippen LogP contribution in [0, 0.1) is 6.92 Å². The molecule has 0 aliphatic heterocycles. The Kier molecular flexibility index (Phi) is 4.46. The van der Waals surface area contributed by atoms with Gasteiger partial charge in [0.1, 0.15) is 5.52 Å². The van der Waals surface area contributed by atoms with Crippen LogP contribution in [0.5, 0.6) is 0 Å². The predicted octanol–water partition coefficient (Wildman–Crippen LogP) is 3.63. The molecule has 0 saturated heterocycles. The van der Waals surface area contributed by atoms with Crippen LogP contribution in [0.3, 0.4) is 0 Å². The first kappa shape index (κ1) is 17.0. The fraction of sp³-hybridized carbons (Fsp3) is 0.167. The molecule has 0 spiro atoms. The summed E-state index contributed by atoms with van der Waals surface area (Å²) in [5.74, 6) is -1.13. The molecule has 0 unspecified atom stereocenters.